The maximum Gasteiger partial charge on any atom is 0.335 e. The van der Waals surface area contributed by atoms with E-state index in [0.717, 1.165) is 22.3 Å². The highest BCUT2D eigenvalue weighted by molar-refractivity contribution is 9.10. The van der Waals surface area contributed by atoms with Gasteiger partial charge in [-0.3, -0.25) is 14.4 Å². The summed E-state index contributed by atoms with van der Waals surface area (Å²) in [7, 11) is 0. The van der Waals surface area contributed by atoms with Gasteiger partial charge in [0.15, 0.2) is 0 Å². The molecule has 0 spiro atoms. The van der Waals surface area contributed by atoms with Crippen molar-refractivity contribution in [3.63, 3.8) is 0 Å². The Morgan fingerprint density at radius 1 is 0.659 bits per heavy atom. The molecule has 2 N–H and O–H groups in total. The van der Waals surface area contributed by atoms with Gasteiger partial charge in [0.2, 0.25) is 11.8 Å². The number of hydrogen-bond acceptors (Lipinski definition) is 4. The Morgan fingerprint density at radius 2 is 1.07 bits per heavy atom. The van der Waals surface area contributed by atoms with E-state index in [1.54, 1.807) is 24.3 Å². The standard InChI is InChI=1S/C32H20Br2N2O5/c33-31-21-5-1-2-6-22(21)32(34,24-8-4-3-7-23(24)31)26-25(31)28(38)36(29(26)39)20-15-11-17(12-16-20)27(37)35-19-13-9-18(10-14-19)30(40)41/h1-16,25-26H,(H,35,37)(H,40,41)/t25-,26-,31?,32?/m1/s1. The van der Waals surface area contributed by atoms with Crippen molar-refractivity contribution in [1.29, 1.82) is 0 Å². The monoisotopic (exact) mass is 670 g/mol. The van der Waals surface area contributed by atoms with Gasteiger partial charge < -0.3 is 10.4 Å². The largest absolute Gasteiger partial charge is 0.478 e. The van der Waals surface area contributed by atoms with Crippen LogP contribution in [-0.4, -0.2) is 28.8 Å². The lowest BCUT2D eigenvalue weighted by Gasteiger charge is -2.55. The summed E-state index contributed by atoms with van der Waals surface area (Å²) in [5.41, 5.74) is 5.11. The molecule has 8 rings (SSSR count). The van der Waals surface area contributed by atoms with E-state index >= 15 is 0 Å². The summed E-state index contributed by atoms with van der Waals surface area (Å²) < 4.78 is -1.75. The minimum absolute atomic E-state index is 0.114. The predicted molar refractivity (Wildman–Crippen MR) is 160 cm³/mol. The fourth-order valence-electron chi connectivity index (χ4n) is 6.58. The third-order valence-electron chi connectivity index (χ3n) is 8.36. The molecule has 4 aliphatic rings. The van der Waals surface area contributed by atoms with Crippen LogP contribution in [0, 0.1) is 11.8 Å². The number of anilines is 2. The minimum atomic E-state index is -1.05. The Kier molecular flexibility index (Phi) is 5.65. The quantitative estimate of drug-likeness (QED) is 0.203. The Balaban J connectivity index is 1.23. The number of imide groups is 1. The van der Waals surface area contributed by atoms with E-state index < -0.39 is 32.4 Å². The molecule has 202 valence electrons. The van der Waals surface area contributed by atoms with E-state index in [2.05, 4.69) is 37.2 Å². The van der Waals surface area contributed by atoms with E-state index in [0.29, 0.717) is 16.9 Å². The molecule has 41 heavy (non-hydrogen) atoms. The number of hydrogen-bond donors (Lipinski definition) is 2. The summed E-state index contributed by atoms with van der Waals surface area (Å²) in [6.07, 6.45) is 0. The number of carboxylic acids is 1. The summed E-state index contributed by atoms with van der Waals surface area (Å²) in [6.45, 7) is 0. The lowest BCUT2D eigenvalue weighted by Crippen LogP contribution is -2.56. The van der Waals surface area contributed by atoms with Crippen LogP contribution in [0.5, 0.6) is 0 Å². The van der Waals surface area contributed by atoms with Crippen molar-refractivity contribution in [2.75, 3.05) is 10.2 Å². The van der Waals surface area contributed by atoms with E-state index in [9.17, 15) is 19.2 Å². The lowest BCUT2D eigenvalue weighted by molar-refractivity contribution is -0.122. The lowest BCUT2D eigenvalue weighted by atomic mass is 9.54. The number of benzene rings is 4. The normalized spacial score (nSPS) is 25.4. The fourth-order valence-corrected chi connectivity index (χ4v) is 8.89. The molecular formula is C32H20Br2N2O5. The number of aromatic carboxylic acids is 1. The molecule has 1 heterocycles. The molecule has 9 heteroatoms. The number of carbonyl (C=O) groups excluding carboxylic acids is 3. The van der Waals surface area contributed by atoms with Crippen molar-refractivity contribution < 1.29 is 24.3 Å². The summed E-state index contributed by atoms with van der Waals surface area (Å²) in [4.78, 5) is 53.5. The number of nitrogens with one attached hydrogen (secondary N) is 1. The molecule has 0 aromatic heterocycles. The smallest absolute Gasteiger partial charge is 0.335 e. The van der Waals surface area contributed by atoms with Gasteiger partial charge in [-0.05, 0) is 70.8 Å². The molecule has 4 aromatic rings. The molecule has 4 aromatic carbocycles. The highest BCUT2D eigenvalue weighted by atomic mass is 79.9. The summed E-state index contributed by atoms with van der Waals surface area (Å²) in [6, 6.07) is 28.0. The van der Waals surface area contributed by atoms with Gasteiger partial charge in [-0.15, -0.1) is 0 Å². The van der Waals surface area contributed by atoms with Crippen LogP contribution in [0.15, 0.2) is 97.1 Å². The Labute approximate surface area is 251 Å². The van der Waals surface area contributed by atoms with Gasteiger partial charge in [0.05, 0.1) is 31.7 Å². The molecule has 1 aliphatic heterocycles. The first-order chi connectivity index (χ1) is 19.7. The van der Waals surface area contributed by atoms with Crippen LogP contribution in [0.25, 0.3) is 0 Å². The topological polar surface area (TPSA) is 104 Å². The summed E-state index contributed by atoms with van der Waals surface area (Å²) in [5, 5.41) is 11.8. The zero-order valence-electron chi connectivity index (χ0n) is 21.2. The number of carboxylic acid groups (broad SMARTS) is 1. The maximum atomic E-state index is 14.2. The maximum absolute atomic E-state index is 14.2. The van der Waals surface area contributed by atoms with Crippen molar-refractivity contribution in [2.45, 2.75) is 8.65 Å². The molecule has 0 radical (unpaired) electrons. The average molecular weight is 672 g/mol. The molecule has 1 fully saturated rings. The van der Waals surface area contributed by atoms with Gasteiger partial charge in [-0.2, -0.15) is 0 Å². The van der Waals surface area contributed by atoms with Crippen LogP contribution in [0.3, 0.4) is 0 Å². The molecule has 3 aliphatic carbocycles. The van der Waals surface area contributed by atoms with Gasteiger partial charge in [0.1, 0.15) is 0 Å². The van der Waals surface area contributed by atoms with E-state index in [-0.39, 0.29) is 17.4 Å². The molecule has 0 unspecified atom stereocenters. The molecular weight excluding hydrogens is 652 g/mol. The molecule has 2 atom stereocenters. The Hall–Kier alpha value is -4.08. The van der Waals surface area contributed by atoms with Gasteiger partial charge >= 0.3 is 5.97 Å². The first kappa shape index (κ1) is 25.9. The molecule has 7 nitrogen and oxygen atoms in total. The second kappa shape index (κ2) is 8.96. The van der Waals surface area contributed by atoms with Crippen LogP contribution in [-0.2, 0) is 18.2 Å². The number of rotatable bonds is 4. The number of nitrogens with zero attached hydrogens (tertiary/aromatic N) is 1. The summed E-state index contributed by atoms with van der Waals surface area (Å²) in [5.74, 6) is -3.44. The predicted octanol–water partition coefficient (Wildman–Crippen LogP) is 6.05. The Bertz CT molecular complexity index is 1680. The van der Waals surface area contributed by atoms with Crippen LogP contribution in [0.4, 0.5) is 11.4 Å². The van der Waals surface area contributed by atoms with Gasteiger partial charge in [0.25, 0.3) is 5.91 Å². The first-order valence-corrected chi connectivity index (χ1v) is 14.5. The third-order valence-corrected chi connectivity index (χ3v) is 11.1. The summed E-state index contributed by atoms with van der Waals surface area (Å²) >= 11 is 8.00. The van der Waals surface area contributed by atoms with Crippen molar-refractivity contribution in [3.05, 3.63) is 130 Å². The highest BCUT2D eigenvalue weighted by Crippen LogP contribution is 2.70. The minimum Gasteiger partial charge on any atom is -0.478 e. The first-order valence-electron chi connectivity index (χ1n) is 12.9. The number of alkyl halides is 2. The van der Waals surface area contributed by atoms with Crippen LogP contribution >= 0.6 is 31.9 Å². The van der Waals surface area contributed by atoms with Gasteiger partial charge in [-0.25, -0.2) is 9.69 Å². The van der Waals surface area contributed by atoms with Crippen molar-refractivity contribution in [1.82, 2.24) is 0 Å². The highest BCUT2D eigenvalue weighted by Gasteiger charge is 2.72. The van der Waals surface area contributed by atoms with Gasteiger partial charge in [0, 0.05) is 11.3 Å². The fraction of sp³-hybridized carbons (Fsp3) is 0.125. The SMILES string of the molecule is O=C(O)c1ccc(NC(=O)c2ccc(N3C(=O)[C@H]4[C@H](C3=O)C3(Br)c5ccccc5C4(Br)c4ccccc43)cc2)cc1. The van der Waals surface area contributed by atoms with E-state index in [1.165, 1.54) is 29.2 Å². The van der Waals surface area contributed by atoms with Crippen LogP contribution < -0.4 is 10.2 Å². The second-order valence-corrected chi connectivity index (χ2v) is 12.9. The van der Waals surface area contributed by atoms with E-state index in [1.807, 2.05) is 48.5 Å². The number of amides is 3. The molecule has 3 amide bonds. The molecule has 1 saturated heterocycles. The Morgan fingerprint density at radius 3 is 1.49 bits per heavy atom. The molecule has 2 bridgehead atoms. The zero-order valence-corrected chi connectivity index (χ0v) is 24.3. The van der Waals surface area contributed by atoms with Crippen LogP contribution in [0.2, 0.25) is 0 Å². The zero-order chi connectivity index (χ0) is 28.7. The number of carbonyl (C=O) groups is 4. The second-order valence-electron chi connectivity index (χ2n) is 10.4. The molecule has 0 saturated carbocycles. The van der Waals surface area contributed by atoms with Crippen LogP contribution in [0.1, 0.15) is 43.0 Å². The van der Waals surface area contributed by atoms with Crippen molar-refractivity contribution >= 4 is 66.9 Å². The van der Waals surface area contributed by atoms with Gasteiger partial charge in [-0.1, -0.05) is 80.4 Å². The van der Waals surface area contributed by atoms with E-state index in [4.69, 9.17) is 5.11 Å². The number of halogens is 2. The third kappa shape index (κ3) is 3.42. The van der Waals surface area contributed by atoms with Crippen molar-refractivity contribution in [2.24, 2.45) is 11.8 Å². The van der Waals surface area contributed by atoms with Crippen molar-refractivity contribution in [3.8, 4) is 0 Å². The average Bonchev–Trinajstić information content (AvgIpc) is 3.27.